The van der Waals surface area contributed by atoms with E-state index in [1.165, 1.54) is 12.8 Å². The van der Waals surface area contributed by atoms with Gasteiger partial charge in [-0.1, -0.05) is 0 Å². The number of nitrogens with two attached hydrogens (primary N) is 1. The Labute approximate surface area is 97.1 Å². The van der Waals surface area contributed by atoms with Crippen molar-refractivity contribution in [2.75, 3.05) is 19.7 Å². The number of fused-ring (bicyclic) bond motifs is 3. The third kappa shape index (κ3) is 2.67. The van der Waals surface area contributed by atoms with Gasteiger partial charge >= 0.3 is 6.09 Å². The predicted octanol–water partition coefficient (Wildman–Crippen LogP) is 1.59. The molecule has 1 aliphatic heterocycles. The first-order chi connectivity index (χ1) is 7.69. The van der Waals surface area contributed by atoms with Crippen LogP contribution in [-0.2, 0) is 4.74 Å². The second kappa shape index (κ2) is 5.04. The summed E-state index contributed by atoms with van der Waals surface area (Å²) in [6, 6.07) is 0.335. The Balaban J connectivity index is 2.01. The highest BCUT2D eigenvalue weighted by molar-refractivity contribution is 5.67. The van der Waals surface area contributed by atoms with Crippen LogP contribution < -0.4 is 5.73 Å². The van der Waals surface area contributed by atoms with E-state index in [9.17, 15) is 4.79 Å². The summed E-state index contributed by atoms with van der Waals surface area (Å²) >= 11 is 0. The van der Waals surface area contributed by atoms with Gasteiger partial charge in [0.25, 0.3) is 0 Å². The molecule has 1 amide bonds. The number of carbonyl (C=O) groups excluding carboxylic acids is 1. The molecule has 1 saturated carbocycles. The number of amides is 1. The second-order valence-electron chi connectivity index (χ2n) is 5.14. The molecule has 0 radical (unpaired) electrons. The summed E-state index contributed by atoms with van der Waals surface area (Å²) in [6.45, 7) is 3.99. The maximum atomic E-state index is 11.7. The largest absolute Gasteiger partial charge is 0.450 e. The number of hydrogen-bond acceptors (Lipinski definition) is 3. The molecule has 2 rings (SSSR count). The molecule has 2 atom stereocenters. The summed E-state index contributed by atoms with van der Waals surface area (Å²) in [6.07, 6.45) is 4.41. The van der Waals surface area contributed by atoms with Gasteiger partial charge in [0.2, 0.25) is 0 Å². The predicted molar refractivity (Wildman–Crippen MR) is 62.0 cm³/mol. The first-order valence-electron chi connectivity index (χ1n) is 6.36. The number of rotatable bonds is 1. The molecule has 2 aliphatic rings. The Morgan fingerprint density at radius 1 is 1.31 bits per heavy atom. The monoisotopic (exact) mass is 226 g/mol. The lowest BCUT2D eigenvalue weighted by Crippen LogP contribution is -2.41. The molecule has 0 aromatic heterocycles. The molecule has 2 bridgehead atoms. The van der Waals surface area contributed by atoms with Gasteiger partial charge in [0.05, 0.1) is 6.61 Å². The van der Waals surface area contributed by atoms with Crippen LogP contribution in [-0.4, -0.2) is 36.7 Å². The Kier molecular flexibility index (Phi) is 3.69. The van der Waals surface area contributed by atoms with Crippen LogP contribution in [0.15, 0.2) is 0 Å². The van der Waals surface area contributed by atoms with Crippen LogP contribution >= 0.6 is 0 Å². The molecule has 0 aromatic carbocycles. The summed E-state index contributed by atoms with van der Waals surface area (Å²) < 4.78 is 5.08. The maximum absolute atomic E-state index is 11.7. The van der Waals surface area contributed by atoms with Gasteiger partial charge in [-0.05, 0) is 44.4 Å². The van der Waals surface area contributed by atoms with Gasteiger partial charge in [0.1, 0.15) is 0 Å². The fourth-order valence-electron chi connectivity index (χ4n) is 3.05. The molecule has 2 unspecified atom stereocenters. The van der Waals surface area contributed by atoms with Crippen molar-refractivity contribution in [3.05, 3.63) is 0 Å². The number of hydrogen-bond donors (Lipinski definition) is 1. The molecule has 92 valence electrons. The Hall–Kier alpha value is -0.770. The van der Waals surface area contributed by atoms with Gasteiger partial charge in [0.15, 0.2) is 0 Å². The van der Waals surface area contributed by atoms with Crippen LogP contribution in [0.25, 0.3) is 0 Å². The van der Waals surface area contributed by atoms with E-state index < -0.39 is 0 Å². The van der Waals surface area contributed by atoms with Crippen molar-refractivity contribution in [3.8, 4) is 0 Å². The third-order valence-electron chi connectivity index (χ3n) is 3.74. The van der Waals surface area contributed by atoms with E-state index in [2.05, 4.69) is 0 Å². The fourth-order valence-corrected chi connectivity index (χ4v) is 3.05. The molecule has 0 aromatic rings. The van der Waals surface area contributed by atoms with E-state index in [1.807, 2.05) is 11.8 Å². The van der Waals surface area contributed by atoms with Gasteiger partial charge in [-0.2, -0.15) is 0 Å². The average molecular weight is 226 g/mol. The Morgan fingerprint density at radius 2 is 1.88 bits per heavy atom. The van der Waals surface area contributed by atoms with E-state index in [-0.39, 0.29) is 6.09 Å². The van der Waals surface area contributed by atoms with E-state index in [0.29, 0.717) is 24.5 Å². The minimum absolute atomic E-state index is 0.144. The SMILES string of the molecule is CCOC(=O)N1CC2CCC(CC(N)C2)C1. The fraction of sp³-hybridized carbons (Fsp3) is 0.917. The first-order valence-corrected chi connectivity index (χ1v) is 6.36. The van der Waals surface area contributed by atoms with Crippen molar-refractivity contribution < 1.29 is 9.53 Å². The van der Waals surface area contributed by atoms with Crippen LogP contribution in [0.2, 0.25) is 0 Å². The van der Waals surface area contributed by atoms with Gasteiger partial charge in [0, 0.05) is 19.1 Å². The molecular weight excluding hydrogens is 204 g/mol. The van der Waals surface area contributed by atoms with Crippen molar-refractivity contribution in [2.24, 2.45) is 17.6 Å². The average Bonchev–Trinajstić information content (AvgIpc) is 2.49. The van der Waals surface area contributed by atoms with Gasteiger partial charge < -0.3 is 15.4 Å². The zero-order valence-corrected chi connectivity index (χ0v) is 10.0. The molecule has 16 heavy (non-hydrogen) atoms. The van der Waals surface area contributed by atoms with Gasteiger partial charge in [-0.15, -0.1) is 0 Å². The molecule has 1 saturated heterocycles. The number of ether oxygens (including phenoxy) is 1. The van der Waals surface area contributed by atoms with Gasteiger partial charge in [-0.3, -0.25) is 0 Å². The molecular formula is C12H22N2O2. The topological polar surface area (TPSA) is 55.6 Å². The van der Waals surface area contributed by atoms with Gasteiger partial charge in [-0.25, -0.2) is 4.79 Å². The smallest absolute Gasteiger partial charge is 0.409 e. The van der Waals surface area contributed by atoms with Crippen LogP contribution in [0.5, 0.6) is 0 Å². The second-order valence-corrected chi connectivity index (χ2v) is 5.14. The highest BCUT2D eigenvalue weighted by Crippen LogP contribution is 2.31. The number of nitrogens with zero attached hydrogens (tertiary/aromatic N) is 1. The number of carbonyl (C=O) groups is 1. The van der Waals surface area contributed by atoms with E-state index in [0.717, 1.165) is 25.9 Å². The molecule has 1 aliphatic carbocycles. The normalized spacial score (nSPS) is 34.4. The molecule has 2 N–H and O–H groups in total. The van der Waals surface area contributed by atoms with E-state index in [4.69, 9.17) is 10.5 Å². The summed E-state index contributed by atoms with van der Waals surface area (Å²) in [5, 5.41) is 0. The summed E-state index contributed by atoms with van der Waals surface area (Å²) in [7, 11) is 0. The van der Waals surface area contributed by atoms with Crippen molar-refractivity contribution >= 4 is 6.09 Å². The van der Waals surface area contributed by atoms with Crippen LogP contribution in [0.4, 0.5) is 4.79 Å². The molecule has 1 heterocycles. The summed E-state index contributed by atoms with van der Waals surface area (Å²) in [5.41, 5.74) is 6.07. The zero-order chi connectivity index (χ0) is 11.5. The van der Waals surface area contributed by atoms with Crippen LogP contribution in [0.1, 0.15) is 32.6 Å². The van der Waals surface area contributed by atoms with Crippen molar-refractivity contribution in [3.63, 3.8) is 0 Å². The maximum Gasteiger partial charge on any atom is 0.409 e. The molecule has 0 spiro atoms. The molecule has 2 fully saturated rings. The lowest BCUT2D eigenvalue weighted by molar-refractivity contribution is 0.0934. The van der Waals surface area contributed by atoms with Crippen LogP contribution in [0, 0.1) is 11.8 Å². The van der Waals surface area contributed by atoms with Crippen molar-refractivity contribution in [1.29, 1.82) is 0 Å². The molecule has 4 heteroatoms. The Morgan fingerprint density at radius 3 is 2.38 bits per heavy atom. The standard InChI is InChI=1S/C12H22N2O2/c1-2-16-12(15)14-7-9-3-4-10(8-14)6-11(13)5-9/h9-11H,2-8,13H2,1H3. The van der Waals surface area contributed by atoms with Crippen molar-refractivity contribution in [2.45, 2.75) is 38.6 Å². The lowest BCUT2D eigenvalue weighted by atomic mass is 9.96. The van der Waals surface area contributed by atoms with Crippen molar-refractivity contribution in [1.82, 2.24) is 4.90 Å². The minimum atomic E-state index is -0.144. The highest BCUT2D eigenvalue weighted by atomic mass is 16.6. The minimum Gasteiger partial charge on any atom is -0.450 e. The number of likely N-dealkylation sites (tertiary alicyclic amines) is 1. The quantitative estimate of drug-likeness (QED) is 0.738. The van der Waals surface area contributed by atoms with E-state index >= 15 is 0 Å². The summed E-state index contributed by atoms with van der Waals surface area (Å²) in [4.78, 5) is 13.6. The summed E-state index contributed by atoms with van der Waals surface area (Å²) in [5.74, 6) is 1.15. The highest BCUT2D eigenvalue weighted by Gasteiger charge is 2.32. The first kappa shape index (κ1) is 11.7. The third-order valence-corrected chi connectivity index (χ3v) is 3.74. The van der Waals surface area contributed by atoms with E-state index in [1.54, 1.807) is 0 Å². The van der Waals surface area contributed by atoms with Crippen LogP contribution in [0.3, 0.4) is 0 Å². The Bertz CT molecular complexity index is 241. The zero-order valence-electron chi connectivity index (χ0n) is 10.0. The lowest BCUT2D eigenvalue weighted by Gasteiger charge is -2.30. The molecule has 4 nitrogen and oxygen atoms in total.